The minimum absolute atomic E-state index is 0.0499. The summed E-state index contributed by atoms with van der Waals surface area (Å²) in [7, 11) is -4.13. The highest BCUT2D eigenvalue weighted by atomic mass is 32.2. The van der Waals surface area contributed by atoms with E-state index < -0.39 is 76.9 Å². The third-order valence-electron chi connectivity index (χ3n) is 8.72. The molecule has 3 heterocycles. The summed E-state index contributed by atoms with van der Waals surface area (Å²) < 4.78 is 109. The van der Waals surface area contributed by atoms with Gasteiger partial charge in [0.2, 0.25) is 10.0 Å². The number of benzene rings is 3. The van der Waals surface area contributed by atoms with Crippen LogP contribution in [0.15, 0.2) is 63.8 Å². The number of nitrogens with one attached hydrogen (secondary N) is 2. The van der Waals surface area contributed by atoms with Crippen molar-refractivity contribution in [2.45, 2.75) is 44.5 Å². The van der Waals surface area contributed by atoms with E-state index in [4.69, 9.17) is 9.15 Å². The maximum atomic E-state index is 14.4. The van der Waals surface area contributed by atoms with E-state index >= 15 is 0 Å². The number of rotatable bonds is 7. The number of carbonyl (C=O) groups excluding carboxylic acids is 2. The molecule has 0 aliphatic carbocycles. The number of likely N-dealkylation sites (tertiary alicyclic amines) is 1. The number of hydrogen-bond acceptors (Lipinski definition) is 7. The molecule has 1 aliphatic heterocycles. The van der Waals surface area contributed by atoms with Gasteiger partial charge in [0, 0.05) is 34.5 Å². The number of halogens is 5. The number of aromatic nitrogens is 1. The Morgan fingerprint density at radius 2 is 1.81 bits per heavy atom. The predicted molar refractivity (Wildman–Crippen MR) is 184 cm³/mol. The second-order valence-corrected chi connectivity index (χ2v) is 15.5. The third-order valence-corrected chi connectivity index (χ3v) is 9.90. The molecular weight excluding hydrogens is 715 g/mol. The highest BCUT2D eigenvalue weighted by molar-refractivity contribution is 7.92. The van der Waals surface area contributed by atoms with Crippen molar-refractivity contribution in [3.8, 4) is 11.1 Å². The Morgan fingerprint density at radius 3 is 2.46 bits per heavy atom. The largest absolute Gasteiger partial charge is 0.455 e. The van der Waals surface area contributed by atoms with E-state index in [1.54, 1.807) is 0 Å². The van der Waals surface area contributed by atoms with Gasteiger partial charge in [-0.2, -0.15) is 13.2 Å². The summed E-state index contributed by atoms with van der Waals surface area (Å²) in [6, 6.07) is 12.1. The summed E-state index contributed by atoms with van der Waals surface area (Å²) in [5, 5.41) is 2.56. The topological polar surface area (TPSA) is 142 Å². The highest BCUT2D eigenvalue weighted by Gasteiger charge is 2.60. The van der Waals surface area contributed by atoms with Crippen molar-refractivity contribution in [1.82, 2.24) is 15.2 Å². The third kappa shape index (κ3) is 6.76. The molecule has 17 heteroatoms. The molecule has 1 aliphatic rings. The van der Waals surface area contributed by atoms with Gasteiger partial charge in [0.25, 0.3) is 11.5 Å². The molecule has 0 bridgehead atoms. The Labute approximate surface area is 293 Å². The number of aromatic amines is 1. The Kier molecular flexibility index (Phi) is 9.00. The zero-order valence-corrected chi connectivity index (χ0v) is 29.1. The lowest BCUT2D eigenvalue weighted by Gasteiger charge is -2.33. The number of amides is 2. The van der Waals surface area contributed by atoms with Crippen molar-refractivity contribution >= 4 is 60.6 Å². The number of carbonyl (C=O) groups is 2. The smallest absolute Gasteiger partial charge is 0.413 e. The number of ether oxygens (including phenoxy) is 1. The first-order valence-electron chi connectivity index (χ1n) is 15.9. The number of sulfonamides is 1. The van der Waals surface area contributed by atoms with Crippen LogP contribution in [0.3, 0.4) is 0 Å². The molecule has 6 rings (SSSR count). The lowest BCUT2D eigenvalue weighted by Crippen LogP contribution is -2.61. The van der Waals surface area contributed by atoms with E-state index in [0.717, 1.165) is 21.5 Å². The number of fused-ring (bicyclic) bond motifs is 5. The lowest BCUT2D eigenvalue weighted by molar-refractivity contribution is -0.190. The fraction of sp³-hybridized carbons (Fsp3) is 0.343. The van der Waals surface area contributed by atoms with E-state index in [9.17, 15) is 44.8 Å². The monoisotopic (exact) mass is 748 g/mol. The average molecular weight is 749 g/mol. The fourth-order valence-electron chi connectivity index (χ4n) is 6.42. The van der Waals surface area contributed by atoms with Gasteiger partial charge in [-0.3, -0.25) is 13.9 Å². The van der Waals surface area contributed by atoms with Gasteiger partial charge >= 0.3 is 12.3 Å². The fourth-order valence-corrected chi connectivity index (χ4v) is 7.33. The zero-order valence-electron chi connectivity index (χ0n) is 28.3. The average Bonchev–Trinajstić information content (AvgIpc) is 3.64. The number of furan rings is 1. The second kappa shape index (κ2) is 12.8. The highest BCUT2D eigenvalue weighted by Crippen LogP contribution is 2.42. The Bertz CT molecular complexity index is 2420. The summed E-state index contributed by atoms with van der Waals surface area (Å²) in [6.45, 7) is 1.54. The number of hydrogen-bond donors (Lipinski definition) is 2. The van der Waals surface area contributed by atoms with Crippen molar-refractivity contribution in [3.05, 3.63) is 76.3 Å². The van der Waals surface area contributed by atoms with Crippen molar-refractivity contribution in [2.24, 2.45) is 0 Å². The number of alkyl halides is 4. The van der Waals surface area contributed by atoms with E-state index in [0.29, 0.717) is 5.39 Å². The molecule has 2 N–H and O–H groups in total. The molecule has 2 amide bonds. The van der Waals surface area contributed by atoms with Gasteiger partial charge in [-0.1, -0.05) is 12.1 Å². The predicted octanol–water partition coefficient (Wildman–Crippen LogP) is 6.64. The van der Waals surface area contributed by atoms with Crippen LogP contribution in [-0.2, 0) is 14.8 Å². The molecule has 0 saturated carbocycles. The Morgan fingerprint density at radius 1 is 1.08 bits per heavy atom. The van der Waals surface area contributed by atoms with Crippen LogP contribution in [0.2, 0.25) is 0 Å². The van der Waals surface area contributed by atoms with E-state index in [1.807, 2.05) is 5.32 Å². The van der Waals surface area contributed by atoms with Gasteiger partial charge in [-0.25, -0.2) is 22.0 Å². The van der Waals surface area contributed by atoms with Crippen LogP contribution in [0, 0.1) is 5.82 Å². The van der Waals surface area contributed by atoms with Gasteiger partial charge in [-0.05, 0) is 69.2 Å². The summed E-state index contributed by atoms with van der Waals surface area (Å²) in [4.78, 5) is 43.0. The van der Waals surface area contributed by atoms with Crippen LogP contribution in [0.5, 0.6) is 0 Å². The van der Waals surface area contributed by atoms with E-state index in [1.165, 1.54) is 69.3 Å². The first-order valence-corrected chi connectivity index (χ1v) is 17.8. The Hall–Kier alpha value is -5.19. The van der Waals surface area contributed by atoms with Gasteiger partial charge in [0.05, 0.1) is 35.9 Å². The molecular formula is C35H33F5N4O7S. The van der Waals surface area contributed by atoms with Crippen LogP contribution in [0.4, 0.5) is 32.4 Å². The molecule has 1 fully saturated rings. The maximum absolute atomic E-state index is 14.4. The minimum atomic E-state index is -4.94. The number of nitrogens with zero attached hydrogens (tertiary/aromatic N) is 2. The molecule has 5 aromatic rings. The van der Waals surface area contributed by atoms with Gasteiger partial charge in [0.1, 0.15) is 29.3 Å². The molecule has 2 aromatic heterocycles. The van der Waals surface area contributed by atoms with Crippen molar-refractivity contribution in [2.75, 3.05) is 36.9 Å². The van der Waals surface area contributed by atoms with Gasteiger partial charge in [-0.15, -0.1) is 0 Å². The quantitative estimate of drug-likeness (QED) is 0.178. The van der Waals surface area contributed by atoms with Crippen LogP contribution in [0.1, 0.15) is 37.6 Å². The van der Waals surface area contributed by atoms with Crippen LogP contribution < -0.4 is 15.2 Å². The molecule has 52 heavy (non-hydrogen) atoms. The molecule has 0 spiro atoms. The van der Waals surface area contributed by atoms with Crippen LogP contribution in [-0.4, -0.2) is 80.2 Å². The number of H-pyrrole nitrogens is 1. The van der Waals surface area contributed by atoms with Crippen LogP contribution in [0.25, 0.3) is 44.0 Å². The molecule has 11 nitrogen and oxygen atoms in total. The van der Waals surface area contributed by atoms with Gasteiger partial charge < -0.3 is 24.4 Å². The maximum Gasteiger partial charge on any atom is 0.413 e. The van der Waals surface area contributed by atoms with Crippen molar-refractivity contribution in [3.63, 3.8) is 0 Å². The molecule has 1 saturated heterocycles. The summed E-state index contributed by atoms with van der Waals surface area (Å²) in [5.74, 6) is -1.42. The molecule has 3 aromatic carbocycles. The lowest BCUT2D eigenvalue weighted by atomic mass is 9.97. The molecule has 276 valence electrons. The van der Waals surface area contributed by atoms with E-state index in [2.05, 4.69) is 4.98 Å². The number of anilines is 1. The summed E-state index contributed by atoms with van der Waals surface area (Å²) in [6.07, 6.45) is -6.01. The SMILES string of the molecule is CC(C)(C)OC(=O)NC1(C(F)(F)F)CCN(C(=O)c2cccc(-c3cc4c(cc3N(CCF)S(C)(=O)=O)oc3c5ccc(F)cc5[nH]c(=O)c43)c2)C1. The molecule has 1 unspecified atom stereocenters. The summed E-state index contributed by atoms with van der Waals surface area (Å²) >= 11 is 0. The van der Waals surface area contributed by atoms with Crippen LogP contribution >= 0.6 is 0 Å². The minimum Gasteiger partial charge on any atom is -0.455 e. The molecule has 0 radical (unpaired) electrons. The Balaban J connectivity index is 1.46. The second-order valence-electron chi connectivity index (χ2n) is 13.6. The van der Waals surface area contributed by atoms with Crippen molar-refractivity contribution in [1.29, 1.82) is 0 Å². The zero-order chi connectivity index (χ0) is 38.0. The van der Waals surface area contributed by atoms with Gasteiger partial charge in [0.15, 0.2) is 5.54 Å². The first kappa shape index (κ1) is 36.6. The molecule has 1 atom stereocenters. The number of pyridine rings is 1. The number of alkyl carbamates (subject to hydrolysis) is 1. The summed E-state index contributed by atoms with van der Waals surface area (Å²) in [5.41, 5.74) is -4.02. The van der Waals surface area contributed by atoms with E-state index in [-0.39, 0.29) is 56.4 Å². The van der Waals surface area contributed by atoms with Crippen molar-refractivity contribution < 1.29 is 49.1 Å². The normalized spacial score (nSPS) is 16.9. The standard InChI is InChI=1S/C35H33F5N4O7S/c1-33(2,3)51-32(47)42-34(35(38,39)40)10-12-43(18-34)31(46)20-7-5-6-19(14-20)23-16-24-27(17-26(23)44(13-11-36)52(4,48)49)50-29-22-9-8-21(37)15-25(22)41-30(45)28(24)29/h5-9,14-17H,10-13,18H2,1-4H3,(H,41,45)(H,42,47). The first-order chi connectivity index (χ1) is 24.2.